The summed E-state index contributed by atoms with van der Waals surface area (Å²) in [6, 6.07) is 22.3. The molecule has 0 unspecified atom stereocenters. The normalized spacial score (nSPS) is 11.8. The van der Waals surface area contributed by atoms with Gasteiger partial charge in [0.2, 0.25) is 18.6 Å². The van der Waals surface area contributed by atoms with E-state index in [9.17, 15) is 4.79 Å². The first-order chi connectivity index (χ1) is 18.0. The number of fused-ring (bicyclic) bond motifs is 1. The zero-order valence-corrected chi connectivity index (χ0v) is 20.3. The standard InChI is InChI=1S/C28H25N5O4/c1-18-15-26(30-20-9-11-23(35-2)12-10-20)33-28(29-18)32-22-7-5-21(6-8-22)31-27(34)14-4-19-3-13-24-25(16-19)37-17-36-24/h3-16H,17H2,1-2H3,(H,31,34)(H2,29,30,32,33)/b14-4+. The minimum absolute atomic E-state index is 0.214. The number of anilines is 5. The highest BCUT2D eigenvalue weighted by Gasteiger charge is 2.12. The molecular weight excluding hydrogens is 470 g/mol. The molecule has 0 fully saturated rings. The summed E-state index contributed by atoms with van der Waals surface area (Å²) < 4.78 is 15.9. The third-order valence-corrected chi connectivity index (χ3v) is 5.45. The Balaban J connectivity index is 1.19. The van der Waals surface area contributed by atoms with E-state index in [2.05, 4.69) is 25.9 Å². The molecule has 186 valence electrons. The van der Waals surface area contributed by atoms with Gasteiger partial charge < -0.3 is 30.2 Å². The first-order valence-corrected chi connectivity index (χ1v) is 11.6. The molecule has 4 aromatic rings. The fourth-order valence-corrected chi connectivity index (χ4v) is 3.65. The lowest BCUT2D eigenvalue weighted by molar-refractivity contribution is -0.111. The van der Waals surface area contributed by atoms with Crippen molar-refractivity contribution < 1.29 is 19.0 Å². The van der Waals surface area contributed by atoms with Crippen LogP contribution in [0.4, 0.5) is 28.8 Å². The number of amides is 1. The lowest BCUT2D eigenvalue weighted by Crippen LogP contribution is -2.07. The smallest absolute Gasteiger partial charge is 0.248 e. The molecule has 1 aliphatic heterocycles. The predicted molar refractivity (Wildman–Crippen MR) is 143 cm³/mol. The van der Waals surface area contributed by atoms with Crippen LogP contribution in [0.25, 0.3) is 6.08 Å². The Labute approximate surface area is 214 Å². The Kier molecular flexibility index (Phi) is 6.84. The van der Waals surface area contributed by atoms with E-state index in [1.165, 1.54) is 6.08 Å². The van der Waals surface area contributed by atoms with Crippen molar-refractivity contribution in [2.45, 2.75) is 6.92 Å². The molecule has 3 aromatic carbocycles. The molecule has 2 heterocycles. The molecule has 1 aromatic heterocycles. The summed E-state index contributed by atoms with van der Waals surface area (Å²) in [5, 5.41) is 9.33. The molecule has 1 aliphatic rings. The largest absolute Gasteiger partial charge is 0.497 e. The van der Waals surface area contributed by atoms with Crippen LogP contribution in [0.2, 0.25) is 0 Å². The number of carbonyl (C=O) groups excluding carboxylic acids is 1. The summed E-state index contributed by atoms with van der Waals surface area (Å²) in [5.41, 5.74) is 4.00. The summed E-state index contributed by atoms with van der Waals surface area (Å²) in [6.45, 7) is 2.12. The number of aryl methyl sites for hydroxylation is 1. The number of rotatable bonds is 8. The highest BCUT2D eigenvalue weighted by molar-refractivity contribution is 6.02. The van der Waals surface area contributed by atoms with Gasteiger partial charge in [-0.25, -0.2) is 4.98 Å². The fourth-order valence-electron chi connectivity index (χ4n) is 3.65. The molecule has 3 N–H and O–H groups in total. The molecule has 0 spiro atoms. The van der Waals surface area contributed by atoms with Crippen molar-refractivity contribution >= 4 is 40.8 Å². The van der Waals surface area contributed by atoms with E-state index < -0.39 is 0 Å². The summed E-state index contributed by atoms with van der Waals surface area (Å²) in [5.74, 6) is 3.04. The van der Waals surface area contributed by atoms with Gasteiger partial charge in [-0.15, -0.1) is 0 Å². The molecule has 0 saturated carbocycles. The number of hydrogen-bond acceptors (Lipinski definition) is 8. The van der Waals surface area contributed by atoms with E-state index in [0.29, 0.717) is 29.0 Å². The lowest BCUT2D eigenvalue weighted by atomic mass is 10.2. The monoisotopic (exact) mass is 495 g/mol. The van der Waals surface area contributed by atoms with Crippen molar-refractivity contribution in [1.82, 2.24) is 9.97 Å². The average Bonchev–Trinajstić information content (AvgIpc) is 3.37. The lowest BCUT2D eigenvalue weighted by Gasteiger charge is -2.11. The summed E-state index contributed by atoms with van der Waals surface area (Å²) in [4.78, 5) is 21.4. The second kappa shape index (κ2) is 10.7. The van der Waals surface area contributed by atoms with Gasteiger partial charge in [-0.1, -0.05) is 6.07 Å². The molecule has 0 atom stereocenters. The molecular formula is C28H25N5O4. The van der Waals surface area contributed by atoms with Gasteiger partial charge >= 0.3 is 0 Å². The number of benzene rings is 3. The van der Waals surface area contributed by atoms with Crippen molar-refractivity contribution in [3.05, 3.63) is 90.1 Å². The zero-order valence-electron chi connectivity index (χ0n) is 20.3. The average molecular weight is 496 g/mol. The number of aromatic nitrogens is 2. The van der Waals surface area contributed by atoms with Crippen LogP contribution in [0.1, 0.15) is 11.3 Å². The fraction of sp³-hybridized carbons (Fsp3) is 0.107. The van der Waals surface area contributed by atoms with Crippen molar-refractivity contribution in [2.75, 3.05) is 29.9 Å². The van der Waals surface area contributed by atoms with Crippen molar-refractivity contribution in [1.29, 1.82) is 0 Å². The van der Waals surface area contributed by atoms with Crippen molar-refractivity contribution in [3.8, 4) is 17.2 Å². The summed E-state index contributed by atoms with van der Waals surface area (Å²) in [6.07, 6.45) is 3.20. The maximum Gasteiger partial charge on any atom is 0.248 e. The van der Waals surface area contributed by atoms with Crippen LogP contribution in [0.5, 0.6) is 17.2 Å². The molecule has 1 amide bonds. The van der Waals surface area contributed by atoms with E-state index in [0.717, 1.165) is 28.4 Å². The molecule has 9 heteroatoms. The molecule has 0 aliphatic carbocycles. The molecule has 37 heavy (non-hydrogen) atoms. The molecule has 0 bridgehead atoms. The molecule has 0 radical (unpaired) electrons. The number of nitrogens with one attached hydrogen (secondary N) is 3. The number of nitrogens with zero attached hydrogens (tertiary/aromatic N) is 2. The summed E-state index contributed by atoms with van der Waals surface area (Å²) in [7, 11) is 1.63. The van der Waals surface area contributed by atoms with Crippen LogP contribution < -0.4 is 30.2 Å². The van der Waals surface area contributed by atoms with Gasteiger partial charge in [0.25, 0.3) is 0 Å². The van der Waals surface area contributed by atoms with Crippen LogP contribution in [-0.2, 0) is 4.79 Å². The Bertz CT molecular complexity index is 1440. The Morgan fingerprint density at radius 1 is 0.865 bits per heavy atom. The number of methoxy groups -OCH3 is 1. The van der Waals surface area contributed by atoms with Gasteiger partial charge in [0, 0.05) is 34.9 Å². The molecule has 5 rings (SSSR count). The third kappa shape index (κ3) is 6.15. The van der Waals surface area contributed by atoms with E-state index in [1.807, 2.05) is 67.6 Å². The Morgan fingerprint density at radius 2 is 1.57 bits per heavy atom. The maximum atomic E-state index is 12.4. The molecule has 9 nitrogen and oxygen atoms in total. The van der Waals surface area contributed by atoms with Gasteiger partial charge in [-0.3, -0.25) is 4.79 Å². The van der Waals surface area contributed by atoms with Gasteiger partial charge in [0.1, 0.15) is 11.6 Å². The van der Waals surface area contributed by atoms with Crippen molar-refractivity contribution in [3.63, 3.8) is 0 Å². The van der Waals surface area contributed by atoms with Gasteiger partial charge in [0.05, 0.1) is 7.11 Å². The zero-order chi connectivity index (χ0) is 25.6. The molecule has 0 saturated heterocycles. The van der Waals surface area contributed by atoms with Crippen LogP contribution in [0, 0.1) is 6.92 Å². The van der Waals surface area contributed by atoms with Crippen LogP contribution in [0.3, 0.4) is 0 Å². The highest BCUT2D eigenvalue weighted by Crippen LogP contribution is 2.32. The van der Waals surface area contributed by atoms with Crippen LogP contribution in [-0.4, -0.2) is 29.8 Å². The summed E-state index contributed by atoms with van der Waals surface area (Å²) >= 11 is 0. The third-order valence-electron chi connectivity index (χ3n) is 5.45. The SMILES string of the molecule is COc1ccc(Nc2cc(C)nc(Nc3ccc(NC(=O)/C=C/c4ccc5c(c4)OCO5)cc3)n2)cc1. The van der Waals surface area contributed by atoms with E-state index in [1.54, 1.807) is 25.3 Å². The van der Waals surface area contributed by atoms with Gasteiger partial charge in [-0.05, 0) is 79.2 Å². The number of ether oxygens (including phenoxy) is 3. The topological polar surface area (TPSA) is 107 Å². The Morgan fingerprint density at radius 3 is 2.35 bits per heavy atom. The first-order valence-electron chi connectivity index (χ1n) is 11.6. The highest BCUT2D eigenvalue weighted by atomic mass is 16.7. The number of carbonyl (C=O) groups is 1. The minimum atomic E-state index is -0.241. The van der Waals surface area contributed by atoms with Crippen LogP contribution in [0.15, 0.2) is 78.9 Å². The van der Waals surface area contributed by atoms with E-state index >= 15 is 0 Å². The number of hydrogen-bond donors (Lipinski definition) is 3. The Hall–Kier alpha value is -5.05. The van der Waals surface area contributed by atoms with E-state index in [4.69, 9.17) is 14.2 Å². The van der Waals surface area contributed by atoms with Gasteiger partial charge in [0.15, 0.2) is 11.5 Å². The minimum Gasteiger partial charge on any atom is -0.497 e. The van der Waals surface area contributed by atoms with Crippen molar-refractivity contribution in [2.24, 2.45) is 0 Å². The first kappa shape index (κ1) is 23.7. The quantitative estimate of drug-likeness (QED) is 0.269. The van der Waals surface area contributed by atoms with Gasteiger partial charge in [-0.2, -0.15) is 4.98 Å². The second-order valence-corrected chi connectivity index (χ2v) is 8.21. The predicted octanol–water partition coefficient (Wildman–Crippen LogP) is 5.66. The second-order valence-electron chi connectivity index (χ2n) is 8.21. The van der Waals surface area contributed by atoms with Crippen LogP contribution >= 0.6 is 0 Å². The van der Waals surface area contributed by atoms with E-state index in [-0.39, 0.29) is 12.7 Å². The maximum absolute atomic E-state index is 12.4.